The maximum atomic E-state index is 12.4. The van der Waals surface area contributed by atoms with E-state index in [0.717, 1.165) is 22.2 Å². The summed E-state index contributed by atoms with van der Waals surface area (Å²) in [4.78, 5) is 29.7. The highest BCUT2D eigenvalue weighted by Crippen LogP contribution is 2.30. The van der Waals surface area contributed by atoms with Crippen molar-refractivity contribution in [3.8, 4) is 11.4 Å². The molecule has 0 unspecified atom stereocenters. The summed E-state index contributed by atoms with van der Waals surface area (Å²) in [5.74, 6) is 0.199. The zero-order chi connectivity index (χ0) is 27.3. The molecule has 2 heterocycles. The van der Waals surface area contributed by atoms with E-state index in [1.807, 2.05) is 24.3 Å². The Bertz CT molecular complexity index is 1250. The Morgan fingerprint density at radius 3 is 2.38 bits per heavy atom. The SMILES string of the molecule is COCC(COC)n1c(-c2cc(C)c(=O)n(C)c2)nc2cc(CN[C@@H](C(=O)OC(C)C)[C@H](C)O)ccc21. The van der Waals surface area contributed by atoms with Crippen LogP contribution in [0.1, 0.15) is 37.9 Å². The molecule has 10 heteroatoms. The smallest absolute Gasteiger partial charge is 0.326 e. The molecule has 0 radical (unpaired) electrons. The van der Waals surface area contributed by atoms with Gasteiger partial charge in [0.2, 0.25) is 0 Å². The van der Waals surface area contributed by atoms with Gasteiger partial charge in [-0.15, -0.1) is 0 Å². The number of benzene rings is 1. The van der Waals surface area contributed by atoms with Crippen molar-refractivity contribution in [2.45, 2.75) is 58.5 Å². The molecule has 0 aliphatic heterocycles. The molecule has 0 saturated heterocycles. The van der Waals surface area contributed by atoms with Gasteiger partial charge in [-0.05, 0) is 51.5 Å². The quantitative estimate of drug-likeness (QED) is 0.354. The molecular weight excluding hydrogens is 476 g/mol. The Labute approximate surface area is 217 Å². The van der Waals surface area contributed by atoms with Gasteiger partial charge in [0.1, 0.15) is 11.9 Å². The number of methoxy groups -OCH3 is 2. The van der Waals surface area contributed by atoms with Gasteiger partial charge in [0.15, 0.2) is 0 Å². The minimum absolute atomic E-state index is 0.0613. The molecule has 2 aromatic heterocycles. The molecule has 3 aromatic rings. The monoisotopic (exact) mass is 514 g/mol. The molecule has 37 heavy (non-hydrogen) atoms. The van der Waals surface area contributed by atoms with Gasteiger partial charge in [-0.2, -0.15) is 0 Å². The molecule has 0 amide bonds. The fourth-order valence-electron chi connectivity index (χ4n) is 4.39. The van der Waals surface area contributed by atoms with Crippen LogP contribution in [0, 0.1) is 6.92 Å². The number of hydrogen-bond donors (Lipinski definition) is 2. The molecule has 0 saturated carbocycles. The van der Waals surface area contributed by atoms with Crippen molar-refractivity contribution in [2.75, 3.05) is 27.4 Å². The lowest BCUT2D eigenvalue weighted by Gasteiger charge is -2.22. The molecule has 10 nitrogen and oxygen atoms in total. The summed E-state index contributed by atoms with van der Waals surface area (Å²) in [6.07, 6.45) is 0.583. The summed E-state index contributed by atoms with van der Waals surface area (Å²) in [6, 6.07) is 6.70. The van der Waals surface area contributed by atoms with Crippen molar-refractivity contribution >= 4 is 17.0 Å². The summed E-state index contributed by atoms with van der Waals surface area (Å²) < 4.78 is 19.9. The number of aliphatic hydroxyl groups is 1. The predicted molar refractivity (Wildman–Crippen MR) is 141 cm³/mol. The van der Waals surface area contributed by atoms with Gasteiger partial charge < -0.3 is 28.5 Å². The van der Waals surface area contributed by atoms with E-state index in [-0.39, 0.29) is 17.7 Å². The van der Waals surface area contributed by atoms with Gasteiger partial charge in [-0.1, -0.05) is 6.07 Å². The highest BCUT2D eigenvalue weighted by atomic mass is 16.5. The fraction of sp³-hybridized carbons (Fsp3) is 0.519. The minimum atomic E-state index is -0.919. The fourth-order valence-corrected chi connectivity index (χ4v) is 4.39. The maximum Gasteiger partial charge on any atom is 0.326 e. The van der Waals surface area contributed by atoms with Gasteiger partial charge in [0, 0.05) is 45.1 Å². The number of aromatic nitrogens is 3. The van der Waals surface area contributed by atoms with Gasteiger partial charge in [0.25, 0.3) is 5.56 Å². The second-order valence-electron chi connectivity index (χ2n) is 9.61. The lowest BCUT2D eigenvalue weighted by molar-refractivity contribution is -0.152. The zero-order valence-electron chi connectivity index (χ0n) is 22.6. The van der Waals surface area contributed by atoms with Crippen molar-refractivity contribution in [2.24, 2.45) is 7.05 Å². The van der Waals surface area contributed by atoms with E-state index in [9.17, 15) is 14.7 Å². The van der Waals surface area contributed by atoms with Gasteiger partial charge >= 0.3 is 5.97 Å². The Balaban J connectivity index is 2.04. The van der Waals surface area contributed by atoms with Crippen LogP contribution in [0.25, 0.3) is 22.4 Å². The van der Waals surface area contributed by atoms with Crippen molar-refractivity contribution in [3.05, 3.63) is 51.9 Å². The molecule has 2 atom stereocenters. The molecule has 202 valence electrons. The third-order valence-corrected chi connectivity index (χ3v) is 6.07. The van der Waals surface area contributed by atoms with E-state index in [1.54, 1.807) is 59.7 Å². The summed E-state index contributed by atoms with van der Waals surface area (Å²) in [5, 5.41) is 13.2. The highest BCUT2D eigenvalue weighted by molar-refractivity contribution is 5.82. The number of fused-ring (bicyclic) bond motifs is 1. The van der Waals surface area contributed by atoms with Crippen LogP contribution in [0.3, 0.4) is 0 Å². The number of hydrogen-bond acceptors (Lipinski definition) is 8. The van der Waals surface area contributed by atoms with E-state index >= 15 is 0 Å². The number of rotatable bonds is 12. The lowest BCUT2D eigenvalue weighted by atomic mass is 10.1. The molecule has 0 fully saturated rings. The number of ether oxygens (including phenoxy) is 3. The Kier molecular flexibility index (Phi) is 9.61. The van der Waals surface area contributed by atoms with Gasteiger partial charge in [-0.3, -0.25) is 14.9 Å². The van der Waals surface area contributed by atoms with Gasteiger partial charge in [0.05, 0.1) is 42.5 Å². The normalized spacial score (nSPS) is 13.5. The van der Waals surface area contributed by atoms with Crippen LogP contribution < -0.4 is 10.9 Å². The van der Waals surface area contributed by atoms with Crippen LogP contribution in [0.4, 0.5) is 0 Å². The second kappa shape index (κ2) is 12.5. The van der Waals surface area contributed by atoms with Gasteiger partial charge in [-0.25, -0.2) is 4.98 Å². The van der Waals surface area contributed by atoms with Crippen molar-refractivity contribution in [3.63, 3.8) is 0 Å². The van der Waals surface area contributed by atoms with Crippen molar-refractivity contribution in [1.82, 2.24) is 19.4 Å². The van der Waals surface area contributed by atoms with Crippen LogP contribution >= 0.6 is 0 Å². The molecular formula is C27H38N4O6. The third-order valence-electron chi connectivity index (χ3n) is 6.07. The van der Waals surface area contributed by atoms with Crippen LogP contribution in [0.2, 0.25) is 0 Å². The number of nitrogens with zero attached hydrogens (tertiary/aromatic N) is 3. The number of nitrogens with one attached hydrogen (secondary N) is 1. The van der Waals surface area contributed by atoms with Crippen LogP contribution in [0.5, 0.6) is 0 Å². The summed E-state index contributed by atoms with van der Waals surface area (Å²) >= 11 is 0. The Hall–Kier alpha value is -3.05. The minimum Gasteiger partial charge on any atom is -0.462 e. The summed E-state index contributed by atoms with van der Waals surface area (Å²) in [5.41, 5.74) is 3.88. The number of aliphatic hydroxyl groups excluding tert-OH is 1. The molecule has 3 rings (SSSR count). The molecule has 2 N–H and O–H groups in total. The first-order valence-corrected chi connectivity index (χ1v) is 12.4. The molecule has 0 aliphatic carbocycles. The number of carbonyl (C=O) groups is 1. The largest absolute Gasteiger partial charge is 0.462 e. The highest BCUT2D eigenvalue weighted by Gasteiger charge is 2.26. The second-order valence-corrected chi connectivity index (χ2v) is 9.61. The molecule has 0 bridgehead atoms. The van der Waals surface area contributed by atoms with E-state index in [0.29, 0.717) is 31.1 Å². The Morgan fingerprint density at radius 1 is 1.14 bits per heavy atom. The lowest BCUT2D eigenvalue weighted by Crippen LogP contribution is -2.46. The zero-order valence-corrected chi connectivity index (χ0v) is 22.6. The van der Waals surface area contributed by atoms with Crippen molar-refractivity contribution in [1.29, 1.82) is 0 Å². The summed E-state index contributed by atoms with van der Waals surface area (Å²) in [6.45, 7) is 8.03. The number of carbonyl (C=O) groups excluding carboxylic acids is 1. The van der Waals surface area contributed by atoms with E-state index in [2.05, 4.69) is 9.88 Å². The number of esters is 1. The van der Waals surface area contributed by atoms with E-state index in [1.165, 1.54) is 0 Å². The standard InChI is InChI=1S/C27H38N4O6/c1-16(2)37-27(34)24(18(4)32)28-12-19-8-9-23-22(11-19)29-25(31(23)21(14-35-6)15-36-7)20-10-17(3)26(33)30(5)13-20/h8-11,13,16,18,21,24,28,32H,12,14-15H2,1-7H3/t18-,24+/m0/s1. The molecule has 0 spiro atoms. The molecule has 0 aliphatic rings. The molecule has 1 aromatic carbocycles. The topological polar surface area (TPSA) is 117 Å². The first-order chi connectivity index (χ1) is 17.6. The third kappa shape index (κ3) is 6.64. The number of pyridine rings is 1. The predicted octanol–water partition coefficient (Wildman–Crippen LogP) is 2.33. The average molecular weight is 515 g/mol. The van der Waals surface area contributed by atoms with Crippen LogP contribution in [0.15, 0.2) is 35.3 Å². The average Bonchev–Trinajstić information content (AvgIpc) is 3.20. The first-order valence-electron chi connectivity index (χ1n) is 12.4. The van der Waals surface area contributed by atoms with E-state index in [4.69, 9.17) is 19.2 Å². The Morgan fingerprint density at radius 2 is 1.81 bits per heavy atom. The summed E-state index contributed by atoms with van der Waals surface area (Å²) in [7, 11) is 5.01. The van der Waals surface area contributed by atoms with Crippen LogP contribution in [-0.4, -0.2) is 70.9 Å². The van der Waals surface area contributed by atoms with Crippen molar-refractivity contribution < 1.29 is 24.1 Å². The first kappa shape index (κ1) is 28.5. The van der Waals surface area contributed by atoms with E-state index < -0.39 is 18.1 Å². The maximum absolute atomic E-state index is 12.4. The van der Waals surface area contributed by atoms with Crippen LogP contribution in [-0.2, 0) is 32.6 Å². The number of imidazole rings is 1. The number of aryl methyl sites for hydroxylation is 2.